The largest absolute Gasteiger partial charge is 0.494 e. The monoisotopic (exact) mass is 360 g/mol. The molecule has 0 saturated carbocycles. The molecule has 0 spiro atoms. The minimum absolute atomic E-state index is 0.664. The van der Waals surface area contributed by atoms with E-state index in [1.807, 2.05) is 25.1 Å². The Morgan fingerprint density at radius 1 is 1.24 bits per heavy atom. The van der Waals surface area contributed by atoms with Crippen LogP contribution >= 0.6 is 11.3 Å². The van der Waals surface area contributed by atoms with Gasteiger partial charge < -0.3 is 15.4 Å². The number of para-hydroxylation sites is 1. The van der Waals surface area contributed by atoms with Gasteiger partial charge in [-0.05, 0) is 26.3 Å². The molecule has 0 aliphatic heterocycles. The van der Waals surface area contributed by atoms with E-state index in [0.29, 0.717) is 13.2 Å². The van der Waals surface area contributed by atoms with E-state index in [2.05, 4.69) is 40.5 Å². The van der Waals surface area contributed by atoms with E-state index < -0.39 is 0 Å². The van der Waals surface area contributed by atoms with E-state index in [9.17, 15) is 0 Å². The molecular formula is C19H28N4OS. The number of benzene rings is 1. The third-order valence-corrected chi connectivity index (χ3v) is 4.92. The fourth-order valence-corrected chi connectivity index (χ4v) is 3.58. The number of ether oxygens (including phenoxy) is 1. The van der Waals surface area contributed by atoms with Crippen LogP contribution in [0.1, 0.15) is 35.0 Å². The first kappa shape index (κ1) is 19.2. The lowest BCUT2D eigenvalue weighted by Gasteiger charge is -2.14. The van der Waals surface area contributed by atoms with Gasteiger partial charge in [0.1, 0.15) is 5.75 Å². The fraction of sp³-hybridized carbons (Fsp3) is 0.474. The molecule has 6 heteroatoms. The zero-order valence-electron chi connectivity index (χ0n) is 15.6. The summed E-state index contributed by atoms with van der Waals surface area (Å²) >= 11 is 1.79. The van der Waals surface area contributed by atoms with E-state index in [-0.39, 0.29) is 0 Å². The molecule has 5 nitrogen and oxygen atoms in total. The molecule has 2 N–H and O–H groups in total. The van der Waals surface area contributed by atoms with Crippen molar-refractivity contribution in [3.05, 3.63) is 45.4 Å². The highest BCUT2D eigenvalue weighted by Crippen LogP contribution is 2.18. The van der Waals surface area contributed by atoms with Crippen molar-refractivity contribution in [2.75, 3.05) is 20.2 Å². The Morgan fingerprint density at radius 3 is 2.72 bits per heavy atom. The Balaban J connectivity index is 1.82. The normalized spacial score (nSPS) is 11.4. The molecule has 0 saturated heterocycles. The summed E-state index contributed by atoms with van der Waals surface area (Å²) in [5.41, 5.74) is 2.34. The van der Waals surface area contributed by atoms with Gasteiger partial charge in [-0.3, -0.25) is 4.99 Å². The van der Waals surface area contributed by atoms with E-state index in [4.69, 9.17) is 4.74 Å². The molecule has 1 aromatic carbocycles. The lowest BCUT2D eigenvalue weighted by atomic mass is 10.2. The molecule has 2 aromatic rings. The number of rotatable bonds is 8. The number of nitrogens with one attached hydrogen (secondary N) is 2. The van der Waals surface area contributed by atoms with Crippen LogP contribution in [-0.4, -0.2) is 31.1 Å². The van der Waals surface area contributed by atoms with Crippen LogP contribution < -0.4 is 15.4 Å². The summed E-state index contributed by atoms with van der Waals surface area (Å²) in [4.78, 5) is 10.3. The minimum atomic E-state index is 0.664. The molecule has 136 valence electrons. The van der Waals surface area contributed by atoms with Gasteiger partial charge in [0.05, 0.1) is 17.3 Å². The van der Waals surface area contributed by atoms with Crippen LogP contribution in [0.4, 0.5) is 0 Å². The predicted octanol–water partition coefficient (Wildman–Crippen LogP) is 3.32. The molecule has 1 aromatic heterocycles. The molecule has 25 heavy (non-hydrogen) atoms. The Morgan fingerprint density at radius 2 is 2.04 bits per heavy atom. The second-order valence-electron chi connectivity index (χ2n) is 5.61. The van der Waals surface area contributed by atoms with Crippen LogP contribution in [0.2, 0.25) is 0 Å². The van der Waals surface area contributed by atoms with Crippen molar-refractivity contribution in [1.29, 1.82) is 0 Å². The van der Waals surface area contributed by atoms with Crippen molar-refractivity contribution in [2.45, 2.75) is 40.2 Å². The summed E-state index contributed by atoms with van der Waals surface area (Å²) in [5, 5.41) is 7.87. The summed E-state index contributed by atoms with van der Waals surface area (Å²) < 4.78 is 5.66. The van der Waals surface area contributed by atoms with Gasteiger partial charge in [-0.25, -0.2) is 4.98 Å². The molecule has 0 amide bonds. The summed E-state index contributed by atoms with van der Waals surface area (Å²) in [5.74, 6) is 1.70. The molecule has 0 unspecified atom stereocenters. The highest BCUT2D eigenvalue weighted by Gasteiger charge is 2.07. The first-order valence-corrected chi connectivity index (χ1v) is 9.59. The zero-order chi connectivity index (χ0) is 18.1. The SMILES string of the molecule is CCOc1ccccc1CNC(=NC)NCCc1nc(CC)c(C)s1. The van der Waals surface area contributed by atoms with Gasteiger partial charge in [0.15, 0.2) is 5.96 Å². The predicted molar refractivity (Wildman–Crippen MR) is 106 cm³/mol. The van der Waals surface area contributed by atoms with E-state index in [0.717, 1.165) is 36.7 Å². The topological polar surface area (TPSA) is 58.5 Å². The molecule has 0 bridgehead atoms. The van der Waals surface area contributed by atoms with E-state index >= 15 is 0 Å². The highest BCUT2D eigenvalue weighted by molar-refractivity contribution is 7.11. The molecule has 1 heterocycles. The Kier molecular flexibility index (Phi) is 7.73. The third kappa shape index (κ3) is 5.74. The number of thiazole rings is 1. The maximum atomic E-state index is 5.66. The van der Waals surface area contributed by atoms with E-state index in [1.165, 1.54) is 15.6 Å². The van der Waals surface area contributed by atoms with Crippen molar-refractivity contribution in [3.63, 3.8) is 0 Å². The lowest BCUT2D eigenvalue weighted by molar-refractivity contribution is 0.336. The first-order chi connectivity index (χ1) is 12.2. The number of guanidine groups is 1. The zero-order valence-corrected chi connectivity index (χ0v) is 16.4. The third-order valence-electron chi connectivity index (χ3n) is 3.85. The summed E-state index contributed by atoms with van der Waals surface area (Å²) in [6, 6.07) is 8.07. The van der Waals surface area contributed by atoms with Gasteiger partial charge in [0.2, 0.25) is 0 Å². The average Bonchev–Trinajstić information content (AvgIpc) is 2.99. The summed E-state index contributed by atoms with van der Waals surface area (Å²) in [6.07, 6.45) is 1.90. The van der Waals surface area contributed by atoms with Gasteiger partial charge in [-0.1, -0.05) is 25.1 Å². The van der Waals surface area contributed by atoms with Crippen molar-refractivity contribution >= 4 is 17.3 Å². The maximum Gasteiger partial charge on any atom is 0.191 e. The quantitative estimate of drug-likeness (QED) is 0.560. The van der Waals surface area contributed by atoms with Crippen LogP contribution in [0.3, 0.4) is 0 Å². The van der Waals surface area contributed by atoms with E-state index in [1.54, 1.807) is 18.4 Å². The number of hydrogen-bond acceptors (Lipinski definition) is 4. The van der Waals surface area contributed by atoms with Gasteiger partial charge in [0, 0.05) is 37.0 Å². The van der Waals surface area contributed by atoms with Crippen LogP contribution in [-0.2, 0) is 19.4 Å². The highest BCUT2D eigenvalue weighted by atomic mass is 32.1. The number of aliphatic imine (C=N–C) groups is 1. The Labute approximate surface area is 154 Å². The molecule has 0 radical (unpaired) electrons. The summed E-state index contributed by atoms with van der Waals surface area (Å²) in [6.45, 7) is 8.43. The Hall–Kier alpha value is -2.08. The second kappa shape index (κ2) is 10.0. The van der Waals surface area contributed by atoms with Crippen LogP contribution in [0.5, 0.6) is 5.75 Å². The maximum absolute atomic E-state index is 5.66. The van der Waals surface area contributed by atoms with Gasteiger partial charge in [-0.2, -0.15) is 0 Å². The molecule has 0 atom stereocenters. The number of aromatic nitrogens is 1. The molecule has 2 rings (SSSR count). The first-order valence-electron chi connectivity index (χ1n) is 8.78. The molecule has 0 fully saturated rings. The van der Waals surface area contributed by atoms with Crippen molar-refractivity contribution in [1.82, 2.24) is 15.6 Å². The van der Waals surface area contributed by atoms with Gasteiger partial charge >= 0.3 is 0 Å². The standard InChI is InChI=1S/C19H28N4OS/c1-5-16-14(3)25-18(23-16)11-12-21-19(20-4)22-13-15-9-7-8-10-17(15)24-6-2/h7-10H,5-6,11-13H2,1-4H3,(H2,20,21,22). The van der Waals surface area contributed by atoms with Crippen molar-refractivity contribution < 1.29 is 4.74 Å². The van der Waals surface area contributed by atoms with Gasteiger partial charge in [0.25, 0.3) is 0 Å². The second-order valence-corrected chi connectivity index (χ2v) is 6.90. The molecule has 0 aliphatic carbocycles. The number of aryl methyl sites for hydroxylation is 2. The minimum Gasteiger partial charge on any atom is -0.494 e. The Bertz CT molecular complexity index is 696. The molecular weight excluding hydrogens is 332 g/mol. The average molecular weight is 361 g/mol. The number of nitrogens with zero attached hydrogens (tertiary/aromatic N) is 2. The fourth-order valence-electron chi connectivity index (χ4n) is 2.56. The molecule has 0 aliphatic rings. The van der Waals surface area contributed by atoms with Crippen molar-refractivity contribution in [2.24, 2.45) is 4.99 Å². The van der Waals surface area contributed by atoms with Crippen LogP contribution in [0, 0.1) is 6.92 Å². The van der Waals surface area contributed by atoms with Crippen LogP contribution in [0.25, 0.3) is 0 Å². The van der Waals surface area contributed by atoms with Gasteiger partial charge in [-0.15, -0.1) is 11.3 Å². The summed E-state index contributed by atoms with van der Waals surface area (Å²) in [7, 11) is 1.78. The smallest absolute Gasteiger partial charge is 0.191 e. The van der Waals surface area contributed by atoms with Crippen LogP contribution in [0.15, 0.2) is 29.3 Å². The number of hydrogen-bond donors (Lipinski definition) is 2. The lowest BCUT2D eigenvalue weighted by Crippen LogP contribution is -2.37. The van der Waals surface area contributed by atoms with Crippen molar-refractivity contribution in [3.8, 4) is 5.75 Å².